The molecule has 1 aliphatic heterocycles. The average Bonchev–Trinajstić information content (AvgIpc) is 2.39. The van der Waals surface area contributed by atoms with Crippen molar-refractivity contribution in [1.82, 2.24) is 4.90 Å². The molecular formula is C15H24Cl2N2O. The Balaban J connectivity index is 0.00000200. The molecule has 2 N–H and O–H groups in total. The van der Waals surface area contributed by atoms with Crippen LogP contribution in [0.25, 0.3) is 0 Å². The number of piperidine rings is 1. The van der Waals surface area contributed by atoms with Crippen LogP contribution in [0.15, 0.2) is 18.2 Å². The van der Waals surface area contributed by atoms with Crippen LogP contribution in [-0.4, -0.2) is 30.6 Å². The fourth-order valence-corrected chi connectivity index (χ4v) is 3.13. The van der Waals surface area contributed by atoms with E-state index in [9.17, 15) is 0 Å². The summed E-state index contributed by atoms with van der Waals surface area (Å²) in [5.74, 6) is 0.729. The molecule has 2 rings (SSSR count). The molecule has 0 radical (unpaired) electrons. The minimum Gasteiger partial charge on any atom is -0.495 e. The van der Waals surface area contributed by atoms with E-state index in [1.807, 2.05) is 12.1 Å². The summed E-state index contributed by atoms with van der Waals surface area (Å²) in [5.41, 5.74) is 7.32. The summed E-state index contributed by atoms with van der Waals surface area (Å²) in [4.78, 5) is 2.48. The van der Waals surface area contributed by atoms with Crippen LogP contribution in [0, 0.1) is 0 Å². The third-order valence-corrected chi connectivity index (χ3v) is 4.17. The van der Waals surface area contributed by atoms with Crippen molar-refractivity contribution >= 4 is 24.0 Å². The molecule has 1 aromatic rings. The average molecular weight is 319 g/mol. The predicted octanol–water partition coefficient (Wildman–Crippen LogP) is 3.47. The molecule has 0 aromatic heterocycles. The van der Waals surface area contributed by atoms with E-state index in [-0.39, 0.29) is 18.4 Å². The highest BCUT2D eigenvalue weighted by atomic mass is 35.5. The zero-order valence-corrected chi connectivity index (χ0v) is 13.7. The van der Waals surface area contributed by atoms with Crippen molar-refractivity contribution in [3.8, 4) is 5.75 Å². The van der Waals surface area contributed by atoms with E-state index in [0.717, 1.165) is 18.8 Å². The van der Waals surface area contributed by atoms with Gasteiger partial charge in [-0.2, -0.15) is 0 Å². The lowest BCUT2D eigenvalue weighted by molar-refractivity contribution is 0.123. The smallest absolute Gasteiger partial charge is 0.137 e. The maximum absolute atomic E-state index is 6.18. The molecule has 2 atom stereocenters. The summed E-state index contributed by atoms with van der Waals surface area (Å²) in [5, 5.41) is 0.675. The third-order valence-electron chi connectivity index (χ3n) is 3.87. The number of ether oxygens (including phenoxy) is 1. The van der Waals surface area contributed by atoms with Gasteiger partial charge in [0.2, 0.25) is 0 Å². The molecule has 0 saturated carbocycles. The Morgan fingerprint density at radius 2 is 2.20 bits per heavy atom. The fraction of sp³-hybridized carbons (Fsp3) is 0.600. The molecule has 114 valence electrons. The molecule has 1 aromatic carbocycles. The molecular weight excluding hydrogens is 295 g/mol. The minimum absolute atomic E-state index is 0. The van der Waals surface area contributed by atoms with Gasteiger partial charge in [0.05, 0.1) is 12.1 Å². The molecule has 1 saturated heterocycles. The van der Waals surface area contributed by atoms with Gasteiger partial charge >= 0.3 is 0 Å². The standard InChI is InChI=1S/C15H23ClN2O.ClH/c1-11(17)14-5-3-4-8-18(14)10-12-6-7-15(19-2)13(16)9-12;/h6-7,9,11,14H,3-5,8,10,17H2,1-2H3;1H. The number of nitrogens with zero attached hydrogens (tertiary/aromatic N) is 1. The molecule has 1 heterocycles. The van der Waals surface area contributed by atoms with Gasteiger partial charge in [0, 0.05) is 18.6 Å². The summed E-state index contributed by atoms with van der Waals surface area (Å²) in [6, 6.07) is 6.71. The molecule has 0 amide bonds. The van der Waals surface area contributed by atoms with E-state index < -0.39 is 0 Å². The van der Waals surface area contributed by atoms with Crippen LogP contribution in [0.3, 0.4) is 0 Å². The summed E-state index contributed by atoms with van der Waals surface area (Å²) in [6.07, 6.45) is 3.74. The predicted molar refractivity (Wildman–Crippen MR) is 87.0 cm³/mol. The van der Waals surface area contributed by atoms with Gasteiger partial charge in [0.25, 0.3) is 0 Å². The van der Waals surface area contributed by atoms with Crippen LogP contribution in [0.5, 0.6) is 5.75 Å². The van der Waals surface area contributed by atoms with Crippen molar-refractivity contribution in [2.24, 2.45) is 5.73 Å². The number of hydrogen-bond donors (Lipinski definition) is 1. The number of benzene rings is 1. The maximum Gasteiger partial charge on any atom is 0.137 e. The van der Waals surface area contributed by atoms with Gasteiger partial charge in [-0.3, -0.25) is 4.90 Å². The summed E-state index contributed by atoms with van der Waals surface area (Å²) < 4.78 is 5.18. The molecule has 3 nitrogen and oxygen atoms in total. The largest absolute Gasteiger partial charge is 0.495 e. The minimum atomic E-state index is 0. The third kappa shape index (κ3) is 4.26. The highest BCUT2D eigenvalue weighted by Crippen LogP contribution is 2.27. The topological polar surface area (TPSA) is 38.5 Å². The van der Waals surface area contributed by atoms with Crippen LogP contribution < -0.4 is 10.5 Å². The zero-order chi connectivity index (χ0) is 13.8. The van der Waals surface area contributed by atoms with Gasteiger partial charge < -0.3 is 10.5 Å². The Hall–Kier alpha value is -0.480. The van der Waals surface area contributed by atoms with Gasteiger partial charge in [-0.15, -0.1) is 12.4 Å². The second-order valence-electron chi connectivity index (χ2n) is 5.36. The van der Waals surface area contributed by atoms with Gasteiger partial charge in [-0.05, 0) is 44.0 Å². The van der Waals surface area contributed by atoms with Crippen LogP contribution in [0.1, 0.15) is 31.7 Å². The number of hydrogen-bond acceptors (Lipinski definition) is 3. The van der Waals surface area contributed by atoms with Crippen molar-refractivity contribution in [1.29, 1.82) is 0 Å². The quantitative estimate of drug-likeness (QED) is 0.923. The van der Waals surface area contributed by atoms with Crippen molar-refractivity contribution in [2.45, 2.75) is 44.8 Å². The first-order valence-electron chi connectivity index (χ1n) is 6.94. The van der Waals surface area contributed by atoms with Crippen LogP contribution in [-0.2, 0) is 6.54 Å². The Morgan fingerprint density at radius 3 is 2.80 bits per heavy atom. The van der Waals surface area contributed by atoms with E-state index >= 15 is 0 Å². The molecule has 20 heavy (non-hydrogen) atoms. The van der Waals surface area contributed by atoms with E-state index in [4.69, 9.17) is 22.1 Å². The molecule has 0 spiro atoms. The zero-order valence-electron chi connectivity index (χ0n) is 12.1. The lowest BCUT2D eigenvalue weighted by Crippen LogP contribution is -2.48. The number of nitrogens with two attached hydrogens (primary N) is 1. The Labute approximate surface area is 132 Å². The van der Waals surface area contributed by atoms with Gasteiger partial charge in [0.1, 0.15) is 5.75 Å². The lowest BCUT2D eigenvalue weighted by Gasteiger charge is -2.38. The van der Waals surface area contributed by atoms with E-state index in [1.54, 1.807) is 7.11 Å². The van der Waals surface area contributed by atoms with Crippen LogP contribution >= 0.6 is 24.0 Å². The van der Waals surface area contributed by atoms with Crippen LogP contribution in [0.4, 0.5) is 0 Å². The number of likely N-dealkylation sites (tertiary alicyclic amines) is 1. The summed E-state index contributed by atoms with van der Waals surface area (Å²) in [6.45, 7) is 4.13. The first-order chi connectivity index (χ1) is 9.11. The number of rotatable bonds is 4. The lowest BCUT2D eigenvalue weighted by atomic mass is 9.96. The SMILES string of the molecule is COc1ccc(CN2CCCCC2C(C)N)cc1Cl.Cl. The van der Waals surface area contributed by atoms with E-state index in [2.05, 4.69) is 17.9 Å². The van der Waals surface area contributed by atoms with E-state index in [1.165, 1.54) is 24.8 Å². The first kappa shape index (κ1) is 17.6. The summed E-state index contributed by atoms with van der Waals surface area (Å²) in [7, 11) is 1.64. The summed E-state index contributed by atoms with van der Waals surface area (Å²) >= 11 is 6.18. The van der Waals surface area contributed by atoms with Crippen molar-refractivity contribution in [3.63, 3.8) is 0 Å². The van der Waals surface area contributed by atoms with Crippen molar-refractivity contribution in [3.05, 3.63) is 28.8 Å². The van der Waals surface area contributed by atoms with Gasteiger partial charge in [0.15, 0.2) is 0 Å². The first-order valence-corrected chi connectivity index (χ1v) is 7.31. The number of halogens is 2. The normalized spacial score (nSPS) is 21.1. The van der Waals surface area contributed by atoms with Crippen LogP contribution in [0.2, 0.25) is 5.02 Å². The van der Waals surface area contributed by atoms with Gasteiger partial charge in [-0.25, -0.2) is 0 Å². The van der Waals surface area contributed by atoms with Gasteiger partial charge in [-0.1, -0.05) is 24.1 Å². The molecule has 1 aliphatic rings. The second kappa shape index (κ2) is 8.08. The van der Waals surface area contributed by atoms with E-state index in [0.29, 0.717) is 11.1 Å². The van der Waals surface area contributed by atoms with Crippen molar-refractivity contribution in [2.75, 3.05) is 13.7 Å². The highest BCUT2D eigenvalue weighted by Gasteiger charge is 2.25. The Bertz CT molecular complexity index is 426. The van der Waals surface area contributed by atoms with Crippen molar-refractivity contribution < 1.29 is 4.74 Å². The fourth-order valence-electron chi connectivity index (χ4n) is 2.85. The molecule has 0 bridgehead atoms. The monoisotopic (exact) mass is 318 g/mol. The number of methoxy groups -OCH3 is 1. The molecule has 5 heteroatoms. The highest BCUT2D eigenvalue weighted by molar-refractivity contribution is 6.32. The molecule has 2 unspecified atom stereocenters. The Morgan fingerprint density at radius 1 is 1.45 bits per heavy atom. The molecule has 1 fully saturated rings. The Kier molecular flexibility index (Phi) is 7.10. The second-order valence-corrected chi connectivity index (χ2v) is 5.77. The maximum atomic E-state index is 6.18. The molecule has 0 aliphatic carbocycles.